The fourth-order valence-corrected chi connectivity index (χ4v) is 1.58. The predicted molar refractivity (Wildman–Crippen MR) is 66.8 cm³/mol. The van der Waals surface area contributed by atoms with Crippen LogP contribution in [0.3, 0.4) is 0 Å². The number of nitrogens with one attached hydrogen (secondary N) is 2. The average Bonchev–Trinajstić information content (AvgIpc) is 2.74. The first-order valence-electron chi connectivity index (χ1n) is 5.61. The third kappa shape index (κ3) is 3.28. The van der Waals surface area contributed by atoms with Crippen molar-refractivity contribution >= 4 is 17.4 Å². The number of halogens is 3. The number of H-pyrrole nitrogens is 1. The Hall–Kier alpha value is -2.51. The van der Waals surface area contributed by atoms with Gasteiger partial charge < -0.3 is 11.1 Å². The van der Waals surface area contributed by atoms with Gasteiger partial charge in [-0.05, 0) is 17.7 Å². The number of aromatic nitrogens is 2. The van der Waals surface area contributed by atoms with Crippen molar-refractivity contribution in [1.29, 1.82) is 0 Å². The van der Waals surface area contributed by atoms with Gasteiger partial charge in [0, 0.05) is 0 Å². The molecule has 0 aliphatic rings. The molecule has 0 aliphatic heterocycles. The molecule has 0 radical (unpaired) electrons. The number of carbonyl (C=O) groups is 1. The second kappa shape index (κ2) is 5.24. The maximum absolute atomic E-state index is 12.4. The summed E-state index contributed by atoms with van der Waals surface area (Å²) in [6.45, 7) is 0. The highest BCUT2D eigenvalue weighted by atomic mass is 19.4. The van der Waals surface area contributed by atoms with Crippen LogP contribution in [0.1, 0.15) is 11.1 Å². The number of aromatic amines is 1. The third-order valence-corrected chi connectivity index (χ3v) is 2.58. The Morgan fingerprint density at radius 3 is 2.45 bits per heavy atom. The number of alkyl halides is 3. The van der Waals surface area contributed by atoms with Gasteiger partial charge in [-0.1, -0.05) is 12.1 Å². The molecule has 0 atom stereocenters. The summed E-state index contributed by atoms with van der Waals surface area (Å²) in [6.07, 6.45) is -3.10. The predicted octanol–water partition coefficient (Wildman–Crippen LogP) is 2.19. The second-order valence-electron chi connectivity index (χ2n) is 4.12. The van der Waals surface area contributed by atoms with Gasteiger partial charge in [0.05, 0.1) is 23.9 Å². The van der Waals surface area contributed by atoms with Gasteiger partial charge in [0.15, 0.2) is 5.82 Å². The van der Waals surface area contributed by atoms with Gasteiger partial charge in [-0.15, -0.1) is 0 Å². The molecule has 20 heavy (non-hydrogen) atoms. The summed E-state index contributed by atoms with van der Waals surface area (Å²) < 4.78 is 37.1. The number of benzene rings is 1. The highest BCUT2D eigenvalue weighted by Crippen LogP contribution is 2.29. The minimum absolute atomic E-state index is 0.0589. The number of rotatable bonds is 3. The van der Waals surface area contributed by atoms with E-state index in [-0.39, 0.29) is 17.9 Å². The summed E-state index contributed by atoms with van der Waals surface area (Å²) in [4.78, 5) is 11.7. The van der Waals surface area contributed by atoms with Crippen molar-refractivity contribution in [2.24, 2.45) is 0 Å². The fraction of sp³-hybridized carbons (Fsp3) is 0.167. The summed E-state index contributed by atoms with van der Waals surface area (Å²) in [6, 6.07) is 4.40. The minimum atomic E-state index is -4.38. The number of nitrogen functional groups attached to an aromatic ring is 1. The van der Waals surface area contributed by atoms with Crippen LogP contribution in [0.2, 0.25) is 0 Å². The van der Waals surface area contributed by atoms with Crippen molar-refractivity contribution in [3.05, 3.63) is 41.6 Å². The van der Waals surface area contributed by atoms with E-state index in [0.29, 0.717) is 5.56 Å². The van der Waals surface area contributed by atoms with Crippen LogP contribution in [-0.4, -0.2) is 16.1 Å². The molecule has 1 aromatic carbocycles. The van der Waals surface area contributed by atoms with Crippen LogP contribution >= 0.6 is 0 Å². The average molecular weight is 284 g/mol. The lowest BCUT2D eigenvalue weighted by Gasteiger charge is -2.07. The topological polar surface area (TPSA) is 83.8 Å². The molecule has 4 N–H and O–H groups in total. The molecular weight excluding hydrogens is 273 g/mol. The van der Waals surface area contributed by atoms with Gasteiger partial charge in [-0.2, -0.15) is 18.3 Å². The van der Waals surface area contributed by atoms with Crippen molar-refractivity contribution < 1.29 is 18.0 Å². The van der Waals surface area contributed by atoms with E-state index < -0.39 is 17.6 Å². The Kier molecular flexibility index (Phi) is 3.64. The molecule has 0 fully saturated rings. The fourth-order valence-electron chi connectivity index (χ4n) is 1.58. The molecule has 8 heteroatoms. The highest BCUT2D eigenvalue weighted by Gasteiger charge is 2.29. The first kappa shape index (κ1) is 13.9. The first-order valence-corrected chi connectivity index (χ1v) is 5.61. The zero-order valence-electron chi connectivity index (χ0n) is 10.2. The molecule has 106 valence electrons. The van der Waals surface area contributed by atoms with Crippen LogP contribution in [0.25, 0.3) is 0 Å². The normalized spacial score (nSPS) is 11.3. The van der Waals surface area contributed by atoms with Crippen molar-refractivity contribution in [3.8, 4) is 0 Å². The van der Waals surface area contributed by atoms with Crippen LogP contribution in [0.5, 0.6) is 0 Å². The SMILES string of the molecule is Nc1cn[nH]c1NC(=O)Cc1ccc(C(F)(F)F)cc1. The summed E-state index contributed by atoms with van der Waals surface area (Å²) >= 11 is 0. The monoisotopic (exact) mass is 284 g/mol. The zero-order valence-corrected chi connectivity index (χ0v) is 10.2. The van der Waals surface area contributed by atoms with Gasteiger partial charge in [-0.25, -0.2) is 0 Å². The molecule has 5 nitrogen and oxygen atoms in total. The van der Waals surface area contributed by atoms with Gasteiger partial charge in [-0.3, -0.25) is 9.89 Å². The van der Waals surface area contributed by atoms with E-state index in [2.05, 4.69) is 15.5 Å². The van der Waals surface area contributed by atoms with E-state index in [9.17, 15) is 18.0 Å². The summed E-state index contributed by atoms with van der Waals surface area (Å²) in [7, 11) is 0. The standard InChI is InChI=1S/C12H11F3N4O/c13-12(14,15)8-3-1-7(2-4-8)5-10(20)18-11-9(16)6-17-19-11/h1-4,6H,5,16H2,(H2,17,18,19,20). The van der Waals surface area contributed by atoms with E-state index in [1.807, 2.05) is 0 Å². The molecule has 0 aliphatic carbocycles. The molecule has 1 amide bonds. The van der Waals surface area contributed by atoms with Crippen LogP contribution in [0.4, 0.5) is 24.7 Å². The van der Waals surface area contributed by atoms with Crippen LogP contribution in [-0.2, 0) is 17.4 Å². The number of hydrogen-bond donors (Lipinski definition) is 3. The molecule has 2 rings (SSSR count). The van der Waals surface area contributed by atoms with Crippen LogP contribution in [0.15, 0.2) is 30.5 Å². The molecule has 0 bridgehead atoms. The Morgan fingerprint density at radius 1 is 1.30 bits per heavy atom. The number of nitrogens with zero attached hydrogens (tertiary/aromatic N) is 1. The van der Waals surface area contributed by atoms with E-state index in [1.165, 1.54) is 18.3 Å². The van der Waals surface area contributed by atoms with Crippen molar-refractivity contribution in [2.45, 2.75) is 12.6 Å². The summed E-state index contributed by atoms with van der Waals surface area (Å²) in [5.41, 5.74) is 5.52. The Bertz CT molecular complexity index is 604. The van der Waals surface area contributed by atoms with Crippen molar-refractivity contribution in [3.63, 3.8) is 0 Å². The third-order valence-electron chi connectivity index (χ3n) is 2.58. The van der Waals surface area contributed by atoms with E-state index in [0.717, 1.165) is 12.1 Å². The minimum Gasteiger partial charge on any atom is -0.394 e. The van der Waals surface area contributed by atoms with Crippen molar-refractivity contribution in [1.82, 2.24) is 10.2 Å². The molecular formula is C12H11F3N4O. The van der Waals surface area contributed by atoms with Gasteiger partial charge in [0.1, 0.15) is 0 Å². The lowest BCUT2D eigenvalue weighted by molar-refractivity contribution is -0.137. The molecule has 0 saturated carbocycles. The largest absolute Gasteiger partial charge is 0.416 e. The Labute approximate surface area is 112 Å². The van der Waals surface area contributed by atoms with E-state index in [4.69, 9.17) is 5.73 Å². The first-order chi connectivity index (χ1) is 9.36. The quantitative estimate of drug-likeness (QED) is 0.807. The van der Waals surface area contributed by atoms with E-state index >= 15 is 0 Å². The van der Waals surface area contributed by atoms with Crippen molar-refractivity contribution in [2.75, 3.05) is 11.1 Å². The number of anilines is 2. The molecule has 1 heterocycles. The number of carbonyl (C=O) groups excluding carboxylic acids is 1. The molecule has 2 aromatic rings. The molecule has 0 saturated heterocycles. The second-order valence-corrected chi connectivity index (χ2v) is 4.12. The van der Waals surface area contributed by atoms with E-state index in [1.54, 1.807) is 0 Å². The molecule has 0 spiro atoms. The zero-order chi connectivity index (χ0) is 14.8. The van der Waals surface area contributed by atoms with Gasteiger partial charge in [0.2, 0.25) is 5.91 Å². The maximum Gasteiger partial charge on any atom is 0.416 e. The smallest absolute Gasteiger partial charge is 0.394 e. The number of hydrogen-bond acceptors (Lipinski definition) is 3. The van der Waals surface area contributed by atoms with Gasteiger partial charge in [0.25, 0.3) is 0 Å². The summed E-state index contributed by atoms with van der Waals surface area (Å²) in [5, 5.41) is 8.61. The highest BCUT2D eigenvalue weighted by molar-refractivity contribution is 5.93. The number of nitrogens with two attached hydrogens (primary N) is 1. The lowest BCUT2D eigenvalue weighted by atomic mass is 10.1. The Balaban J connectivity index is 2.00. The van der Waals surface area contributed by atoms with Crippen LogP contribution in [0, 0.1) is 0 Å². The van der Waals surface area contributed by atoms with Crippen LogP contribution < -0.4 is 11.1 Å². The summed E-state index contributed by atoms with van der Waals surface area (Å²) in [5.74, 6) is -0.136. The number of amides is 1. The molecule has 0 unspecified atom stereocenters. The van der Waals surface area contributed by atoms with Gasteiger partial charge >= 0.3 is 6.18 Å². The lowest BCUT2D eigenvalue weighted by Crippen LogP contribution is -2.15. The Morgan fingerprint density at radius 2 is 1.95 bits per heavy atom. The maximum atomic E-state index is 12.4. The molecule has 1 aromatic heterocycles.